The van der Waals surface area contributed by atoms with Gasteiger partial charge in [-0.25, -0.2) is 4.98 Å². The predicted octanol–water partition coefficient (Wildman–Crippen LogP) is 0.782. The Morgan fingerprint density at radius 1 is 1.35 bits per heavy atom. The van der Waals surface area contributed by atoms with Crippen molar-refractivity contribution in [2.75, 3.05) is 39.8 Å². The zero-order valence-corrected chi connectivity index (χ0v) is 11.4. The van der Waals surface area contributed by atoms with Gasteiger partial charge in [0.15, 0.2) is 0 Å². The minimum Gasteiger partial charge on any atom is -0.330 e. The largest absolute Gasteiger partial charge is 0.330 e. The molecule has 1 aliphatic rings. The Morgan fingerprint density at radius 2 is 2.24 bits per heavy atom. The van der Waals surface area contributed by atoms with E-state index in [-0.39, 0.29) is 0 Å². The lowest BCUT2D eigenvalue weighted by Crippen LogP contribution is -2.28. The molecule has 96 valence electrons. The first-order valence-electron chi connectivity index (χ1n) is 6.32. The molecule has 0 aliphatic carbocycles. The van der Waals surface area contributed by atoms with Gasteiger partial charge in [-0.05, 0) is 33.1 Å². The zero-order valence-electron chi connectivity index (χ0n) is 10.6. The molecule has 0 saturated carbocycles. The summed E-state index contributed by atoms with van der Waals surface area (Å²) in [6.45, 7) is 6.41. The summed E-state index contributed by atoms with van der Waals surface area (Å²) < 4.78 is 0. The van der Waals surface area contributed by atoms with Gasteiger partial charge in [0.05, 0.1) is 10.7 Å². The number of hydrogen-bond donors (Lipinski definition) is 1. The highest BCUT2D eigenvalue weighted by Gasteiger charge is 2.13. The molecule has 0 spiro atoms. The van der Waals surface area contributed by atoms with Gasteiger partial charge < -0.3 is 10.6 Å². The number of rotatable bonds is 4. The second-order valence-electron chi connectivity index (χ2n) is 4.70. The smallest absolute Gasteiger partial charge is 0.0941 e. The fourth-order valence-corrected chi connectivity index (χ4v) is 2.95. The van der Waals surface area contributed by atoms with Crippen LogP contribution < -0.4 is 5.73 Å². The highest BCUT2D eigenvalue weighted by Crippen LogP contribution is 2.13. The van der Waals surface area contributed by atoms with E-state index in [1.807, 2.05) is 0 Å². The number of hydrogen-bond acceptors (Lipinski definition) is 5. The van der Waals surface area contributed by atoms with Crippen molar-refractivity contribution < 1.29 is 0 Å². The van der Waals surface area contributed by atoms with E-state index in [0.717, 1.165) is 19.5 Å². The molecule has 1 saturated heterocycles. The first-order valence-corrected chi connectivity index (χ1v) is 7.20. The molecule has 1 aromatic rings. The van der Waals surface area contributed by atoms with Crippen LogP contribution in [0.2, 0.25) is 0 Å². The molecule has 5 heteroatoms. The first-order chi connectivity index (χ1) is 8.28. The molecule has 1 aliphatic heterocycles. The van der Waals surface area contributed by atoms with E-state index in [1.165, 1.54) is 36.8 Å². The highest BCUT2D eigenvalue weighted by molar-refractivity contribution is 7.09. The summed E-state index contributed by atoms with van der Waals surface area (Å²) in [6.07, 6.45) is 2.17. The van der Waals surface area contributed by atoms with E-state index in [9.17, 15) is 0 Å². The van der Waals surface area contributed by atoms with Crippen LogP contribution >= 0.6 is 11.3 Å². The number of nitrogens with two attached hydrogens (primary N) is 1. The van der Waals surface area contributed by atoms with Gasteiger partial charge in [-0.15, -0.1) is 11.3 Å². The Labute approximate surface area is 107 Å². The minimum atomic E-state index is 0.696. The van der Waals surface area contributed by atoms with Crippen molar-refractivity contribution >= 4 is 11.3 Å². The second-order valence-corrected chi connectivity index (χ2v) is 5.65. The maximum absolute atomic E-state index is 5.54. The van der Waals surface area contributed by atoms with Crippen molar-refractivity contribution in [3.8, 4) is 0 Å². The fourth-order valence-electron chi connectivity index (χ4n) is 2.15. The molecule has 0 amide bonds. The second kappa shape index (κ2) is 6.44. The van der Waals surface area contributed by atoms with E-state index in [4.69, 9.17) is 5.73 Å². The van der Waals surface area contributed by atoms with Crippen molar-refractivity contribution in [3.05, 3.63) is 16.1 Å². The average Bonchev–Trinajstić information content (AvgIpc) is 2.63. The van der Waals surface area contributed by atoms with Crippen LogP contribution in [-0.4, -0.2) is 54.6 Å². The summed E-state index contributed by atoms with van der Waals surface area (Å²) in [7, 11) is 2.20. The summed E-state index contributed by atoms with van der Waals surface area (Å²) in [5.74, 6) is 0. The van der Waals surface area contributed by atoms with Crippen LogP contribution in [0.5, 0.6) is 0 Å². The van der Waals surface area contributed by atoms with Crippen molar-refractivity contribution in [1.82, 2.24) is 14.8 Å². The predicted molar refractivity (Wildman–Crippen MR) is 72.3 cm³/mol. The number of nitrogens with zero attached hydrogens (tertiary/aromatic N) is 3. The number of aromatic nitrogens is 1. The van der Waals surface area contributed by atoms with Gasteiger partial charge in [-0.3, -0.25) is 4.90 Å². The van der Waals surface area contributed by atoms with Crippen LogP contribution in [-0.2, 0) is 13.0 Å². The van der Waals surface area contributed by atoms with Gasteiger partial charge in [0.2, 0.25) is 0 Å². The molecule has 4 nitrogen and oxygen atoms in total. The standard InChI is InChI=1S/C12H22N4S/c1-15-5-2-6-16(8-7-15)9-11-10-17-12(14-11)3-4-13/h10H,2-9,13H2,1H3. The third-order valence-electron chi connectivity index (χ3n) is 3.16. The average molecular weight is 254 g/mol. The van der Waals surface area contributed by atoms with Gasteiger partial charge in [-0.1, -0.05) is 0 Å². The molecular formula is C12H22N4S. The Balaban J connectivity index is 1.86. The van der Waals surface area contributed by atoms with Crippen LogP contribution in [0.1, 0.15) is 17.1 Å². The van der Waals surface area contributed by atoms with E-state index in [2.05, 4.69) is 27.2 Å². The Morgan fingerprint density at radius 3 is 3.06 bits per heavy atom. The Bertz CT molecular complexity index is 339. The maximum atomic E-state index is 5.54. The lowest BCUT2D eigenvalue weighted by molar-refractivity contribution is 0.267. The lowest BCUT2D eigenvalue weighted by atomic mass is 10.3. The zero-order chi connectivity index (χ0) is 12.1. The van der Waals surface area contributed by atoms with Gasteiger partial charge in [0.1, 0.15) is 0 Å². The van der Waals surface area contributed by atoms with E-state index < -0.39 is 0 Å². The molecule has 1 fully saturated rings. The topological polar surface area (TPSA) is 45.4 Å². The third-order valence-corrected chi connectivity index (χ3v) is 4.11. The Hall–Kier alpha value is -0.490. The van der Waals surface area contributed by atoms with Crippen LogP contribution in [0.3, 0.4) is 0 Å². The van der Waals surface area contributed by atoms with Crippen molar-refractivity contribution in [1.29, 1.82) is 0 Å². The van der Waals surface area contributed by atoms with Crippen LogP contribution in [0.25, 0.3) is 0 Å². The summed E-state index contributed by atoms with van der Waals surface area (Å²) in [5.41, 5.74) is 6.75. The maximum Gasteiger partial charge on any atom is 0.0941 e. The normalized spacial score (nSPS) is 19.4. The van der Waals surface area contributed by atoms with E-state index >= 15 is 0 Å². The van der Waals surface area contributed by atoms with Gasteiger partial charge in [0.25, 0.3) is 0 Å². The quantitative estimate of drug-likeness (QED) is 0.862. The van der Waals surface area contributed by atoms with Gasteiger partial charge in [-0.2, -0.15) is 0 Å². The summed E-state index contributed by atoms with van der Waals surface area (Å²) in [6, 6.07) is 0. The van der Waals surface area contributed by atoms with Crippen molar-refractivity contribution in [3.63, 3.8) is 0 Å². The molecule has 2 rings (SSSR count). The molecule has 0 aromatic carbocycles. The number of thiazole rings is 1. The molecule has 0 unspecified atom stereocenters. The molecule has 0 radical (unpaired) electrons. The fraction of sp³-hybridized carbons (Fsp3) is 0.750. The van der Waals surface area contributed by atoms with E-state index in [1.54, 1.807) is 11.3 Å². The van der Waals surface area contributed by atoms with Crippen LogP contribution in [0.15, 0.2) is 5.38 Å². The summed E-state index contributed by atoms with van der Waals surface area (Å²) >= 11 is 1.74. The monoisotopic (exact) mass is 254 g/mol. The molecule has 0 atom stereocenters. The van der Waals surface area contributed by atoms with Gasteiger partial charge >= 0.3 is 0 Å². The summed E-state index contributed by atoms with van der Waals surface area (Å²) in [5, 5.41) is 3.36. The van der Waals surface area contributed by atoms with Crippen molar-refractivity contribution in [2.24, 2.45) is 5.73 Å². The lowest BCUT2D eigenvalue weighted by Gasteiger charge is -2.18. The van der Waals surface area contributed by atoms with Crippen molar-refractivity contribution in [2.45, 2.75) is 19.4 Å². The molecule has 17 heavy (non-hydrogen) atoms. The van der Waals surface area contributed by atoms with Gasteiger partial charge in [0, 0.05) is 31.4 Å². The highest BCUT2D eigenvalue weighted by atomic mass is 32.1. The molecule has 0 bridgehead atoms. The summed E-state index contributed by atoms with van der Waals surface area (Å²) in [4.78, 5) is 9.54. The SMILES string of the molecule is CN1CCCN(Cc2csc(CCN)n2)CC1. The minimum absolute atomic E-state index is 0.696. The molecular weight excluding hydrogens is 232 g/mol. The van der Waals surface area contributed by atoms with E-state index in [0.29, 0.717) is 6.54 Å². The number of likely N-dealkylation sites (N-methyl/N-ethyl adjacent to an activating group) is 1. The van der Waals surface area contributed by atoms with Crippen LogP contribution in [0, 0.1) is 0 Å². The third kappa shape index (κ3) is 4.03. The Kier molecular flexibility index (Phi) is 4.91. The molecule has 2 heterocycles. The molecule has 1 aromatic heterocycles. The van der Waals surface area contributed by atoms with Crippen LogP contribution in [0.4, 0.5) is 0 Å². The molecule has 2 N–H and O–H groups in total. The first kappa shape index (κ1) is 13.0.